The molecule has 10 unspecified atom stereocenters. The van der Waals surface area contributed by atoms with Crippen molar-refractivity contribution in [2.45, 2.75) is 180 Å². The van der Waals surface area contributed by atoms with E-state index in [0.29, 0.717) is 31.2 Å². The molecular formula is C86H96N12O6S. The van der Waals surface area contributed by atoms with E-state index in [9.17, 15) is 14.4 Å². The molecule has 4 N–H and O–H groups in total. The van der Waals surface area contributed by atoms with Gasteiger partial charge in [0.25, 0.3) is 0 Å². The molecule has 5 saturated heterocycles. The molecule has 4 amide bonds. The van der Waals surface area contributed by atoms with Crippen LogP contribution in [0.4, 0.5) is 9.59 Å². The number of carbonyl (C=O) groups excluding carboxylic acids is 4. The Labute approximate surface area is 619 Å². The van der Waals surface area contributed by atoms with E-state index in [1.165, 1.54) is 0 Å². The summed E-state index contributed by atoms with van der Waals surface area (Å²) in [6.45, 7) is 26.8. The Morgan fingerprint density at radius 1 is 0.533 bits per heavy atom. The van der Waals surface area contributed by atoms with Crippen molar-refractivity contribution in [1.82, 2.24) is 59.5 Å². The maximum atomic E-state index is 15.1. The fourth-order valence-corrected chi connectivity index (χ4v) is 18.3. The summed E-state index contributed by atoms with van der Waals surface area (Å²) in [6.07, 6.45) is 9.77. The van der Waals surface area contributed by atoms with Gasteiger partial charge in [-0.25, -0.2) is 29.5 Å². The minimum absolute atomic E-state index is 0.0350. The van der Waals surface area contributed by atoms with E-state index in [0.717, 1.165) is 164 Å². The first-order valence-corrected chi connectivity index (χ1v) is 38.8. The van der Waals surface area contributed by atoms with Crippen molar-refractivity contribution in [3.63, 3.8) is 0 Å². The lowest BCUT2D eigenvalue weighted by atomic mass is 9.66. The first kappa shape index (κ1) is 70.8. The van der Waals surface area contributed by atoms with Gasteiger partial charge in [0.15, 0.2) is 0 Å². The minimum Gasteiger partial charge on any atom is -0.444 e. The summed E-state index contributed by atoms with van der Waals surface area (Å²) < 4.78 is 11.8. The van der Waals surface area contributed by atoms with E-state index in [1.807, 2.05) is 64.3 Å². The van der Waals surface area contributed by atoms with Crippen molar-refractivity contribution in [3.05, 3.63) is 167 Å². The predicted molar refractivity (Wildman–Crippen MR) is 415 cm³/mol. The Hall–Kier alpha value is -9.85. The molecule has 542 valence electrons. The number of aromatic amines is 4. The van der Waals surface area contributed by atoms with Gasteiger partial charge in [-0.15, -0.1) is 11.8 Å². The topological polar surface area (TPSA) is 214 Å². The number of nitrogens with one attached hydrogen (secondary N) is 4. The molecule has 18 nitrogen and oxygen atoms in total. The van der Waals surface area contributed by atoms with Crippen LogP contribution >= 0.6 is 11.8 Å². The lowest BCUT2D eigenvalue weighted by Crippen LogP contribution is -2.67. The molecule has 0 spiro atoms. The number of rotatable bonds is 12. The predicted octanol–water partition coefficient (Wildman–Crippen LogP) is 17.4. The molecule has 0 aliphatic carbocycles. The summed E-state index contributed by atoms with van der Waals surface area (Å²) in [5.74, 6) is 17.8. The van der Waals surface area contributed by atoms with Crippen LogP contribution in [0, 0.1) is 53.3 Å². The Balaban J connectivity index is 0.608. The number of carbonyl (C=O) groups is 4. The third-order valence-corrected chi connectivity index (χ3v) is 24.5. The molecule has 4 aromatic heterocycles. The second-order valence-electron chi connectivity index (χ2n) is 32.5. The van der Waals surface area contributed by atoms with Crippen LogP contribution in [0.15, 0.2) is 122 Å². The van der Waals surface area contributed by atoms with Crippen LogP contribution in [-0.2, 0) is 24.5 Å². The highest BCUT2D eigenvalue weighted by molar-refractivity contribution is 8.01. The Bertz CT molecular complexity index is 5140. The fraction of sp³-hybridized carbons (Fsp3) is 0.442. The second-order valence-corrected chi connectivity index (χ2v) is 33.6. The number of hydrogen-bond donors (Lipinski definition) is 4. The number of amides is 4. The van der Waals surface area contributed by atoms with Gasteiger partial charge in [-0.05, 0) is 234 Å². The van der Waals surface area contributed by atoms with Crippen LogP contribution in [-0.4, -0.2) is 138 Å². The number of aromatic nitrogens is 8. The fourth-order valence-electron chi connectivity index (χ4n) is 16.6. The molecule has 6 aromatic carbocycles. The van der Waals surface area contributed by atoms with Crippen LogP contribution in [0.25, 0.3) is 65.9 Å². The zero-order chi connectivity index (χ0) is 73.4. The van der Waals surface area contributed by atoms with Gasteiger partial charge in [0.1, 0.15) is 45.9 Å². The van der Waals surface area contributed by atoms with E-state index < -0.39 is 16.6 Å². The molecule has 0 radical (unpaired) electrons. The smallest absolute Gasteiger partial charge is 0.411 e. The van der Waals surface area contributed by atoms with Crippen molar-refractivity contribution in [2.24, 2.45) is 29.6 Å². The van der Waals surface area contributed by atoms with Crippen LogP contribution < -0.4 is 0 Å². The maximum absolute atomic E-state index is 15.1. The monoisotopic (exact) mass is 1420 g/mol. The largest absolute Gasteiger partial charge is 0.444 e. The van der Waals surface area contributed by atoms with Gasteiger partial charge in [-0.1, -0.05) is 95.0 Å². The summed E-state index contributed by atoms with van der Waals surface area (Å²) in [5.41, 5.74) is 9.45. The lowest BCUT2D eigenvalue weighted by molar-refractivity contribution is -0.141. The van der Waals surface area contributed by atoms with Crippen molar-refractivity contribution in [1.29, 1.82) is 0 Å². The van der Waals surface area contributed by atoms with Gasteiger partial charge in [0.2, 0.25) is 11.8 Å². The molecule has 5 aliphatic heterocycles. The zero-order valence-electron chi connectivity index (χ0n) is 62.4. The normalized spacial score (nSPS) is 22.1. The van der Waals surface area contributed by atoms with Crippen LogP contribution in [0.5, 0.6) is 0 Å². The quantitative estimate of drug-likeness (QED) is 0.0844. The first-order valence-electron chi connectivity index (χ1n) is 37.8. The van der Waals surface area contributed by atoms with Gasteiger partial charge in [-0.3, -0.25) is 19.4 Å². The highest BCUT2D eigenvalue weighted by Crippen LogP contribution is 2.59. The van der Waals surface area contributed by atoms with Crippen molar-refractivity contribution >= 4 is 79.4 Å². The van der Waals surface area contributed by atoms with Crippen molar-refractivity contribution in [2.75, 3.05) is 31.9 Å². The minimum atomic E-state index is -0.658. The third-order valence-electron chi connectivity index (χ3n) is 22.9. The van der Waals surface area contributed by atoms with E-state index >= 15 is 4.79 Å². The molecule has 15 rings (SSSR count). The molecule has 9 heterocycles. The number of ether oxygens (including phenoxy) is 2. The number of H-pyrrole nitrogens is 4. The molecule has 10 atom stereocenters. The molecule has 105 heavy (non-hydrogen) atoms. The molecule has 5 aliphatic rings. The number of fused-ring (bicyclic) bond motifs is 5. The van der Waals surface area contributed by atoms with Crippen LogP contribution in [0.3, 0.4) is 0 Å². The SMILES string of the molecule is CC(C)C(C)C(=O)N1CCCC1c1ncc(C#Cc2ccc3cc(-c4ccc5nc(C6CCCN(C(=O)C(C)C(C)CC7CCN(C(=O)OC(C)(C)C)C8SCC78c7nc8ccc(-c9ccc%10cc(C#Cc%11cnc(C%12CCCN%12C(=O)OC(C)(C)C)[nH]%11)ccc%10c9)cc8[nH]7)C6C)[nH]c5c4)ccc3c2)[nH]1. The summed E-state index contributed by atoms with van der Waals surface area (Å²) in [4.78, 5) is 97.6. The van der Waals surface area contributed by atoms with Crippen molar-refractivity contribution in [3.8, 4) is 45.9 Å². The average Bonchev–Trinajstić information content (AvgIpc) is 1.69. The number of thioether (sulfide) groups is 1. The van der Waals surface area contributed by atoms with Gasteiger partial charge in [0, 0.05) is 66.9 Å². The molecule has 0 saturated carbocycles. The molecule has 0 bridgehead atoms. The molecule has 5 fully saturated rings. The number of likely N-dealkylation sites (tertiary alicyclic amines) is 4. The summed E-state index contributed by atoms with van der Waals surface area (Å²) in [6, 6.07) is 38.2. The van der Waals surface area contributed by atoms with E-state index in [-0.39, 0.29) is 83.0 Å². The summed E-state index contributed by atoms with van der Waals surface area (Å²) in [7, 11) is 0. The van der Waals surface area contributed by atoms with Crippen LogP contribution in [0.2, 0.25) is 0 Å². The Morgan fingerprint density at radius 3 is 1.60 bits per heavy atom. The van der Waals surface area contributed by atoms with Gasteiger partial charge in [-0.2, -0.15) is 0 Å². The lowest BCUT2D eigenvalue weighted by Gasteiger charge is -2.59. The molecule has 19 heteroatoms. The zero-order valence-corrected chi connectivity index (χ0v) is 63.3. The number of nitrogens with zero attached hydrogens (tertiary/aromatic N) is 8. The van der Waals surface area contributed by atoms with Gasteiger partial charge < -0.3 is 39.2 Å². The highest BCUT2D eigenvalue weighted by atomic mass is 32.2. The standard InChI is InChI=1S/C86H96N12O6S/c1-50(2)52(4)78(99)96-37-14-17-73(96)76-87-47-66(89-76)31-21-55-19-23-59-43-61(27-25-57(59)41-55)63-29-33-69-71(45-63)92-75(91-69)68-16-13-36-95(54(68)6)79(100)53(5)51(3)40-65-35-39-98(83(102)104-85(10,11)12)81-86(65,49-105-81)80-93-70-34-30-64(46-72(70)94-80)62-28-26-58-42-56(20-24-60(58)44-62)22-32-67-48-88-77(90-67)74-18-15-38-97(74)82(101)103-84(7,8)9/h19-20,23-30,33-34,41-48,50-54,65,68,73-74,81H,13-18,35-40,49H2,1-12H3,(H,87,89)(H,88,90)(H,91,92)(H,93,94). The third kappa shape index (κ3) is 14.2. The number of hydrogen-bond acceptors (Lipinski definition) is 11. The first-order chi connectivity index (χ1) is 50.3. The van der Waals surface area contributed by atoms with E-state index in [1.54, 1.807) is 29.1 Å². The van der Waals surface area contributed by atoms with E-state index in [4.69, 9.17) is 19.4 Å². The maximum Gasteiger partial charge on any atom is 0.411 e. The molecular weight excluding hydrogens is 1330 g/mol. The second kappa shape index (κ2) is 28.2. The average molecular weight is 1430 g/mol. The summed E-state index contributed by atoms with van der Waals surface area (Å²) in [5, 5.41) is 4.18. The number of piperidine rings is 2. The van der Waals surface area contributed by atoms with Crippen molar-refractivity contribution < 1.29 is 28.7 Å². The Kier molecular flexibility index (Phi) is 19.0. The number of benzene rings is 6. The molecule has 10 aromatic rings. The summed E-state index contributed by atoms with van der Waals surface area (Å²) >= 11 is 1.78. The Morgan fingerprint density at radius 2 is 1.03 bits per heavy atom. The highest BCUT2D eigenvalue weighted by Gasteiger charge is 2.62. The van der Waals surface area contributed by atoms with Gasteiger partial charge in [0.05, 0.1) is 57.3 Å². The van der Waals surface area contributed by atoms with Gasteiger partial charge >= 0.3 is 12.2 Å². The van der Waals surface area contributed by atoms with Crippen LogP contribution in [0.1, 0.15) is 198 Å². The van der Waals surface area contributed by atoms with E-state index in [2.05, 4.69) is 196 Å². The number of imidazole rings is 4.